The van der Waals surface area contributed by atoms with Gasteiger partial charge in [-0.1, -0.05) is 48.5 Å². The zero-order valence-corrected chi connectivity index (χ0v) is 13.5. The van der Waals surface area contributed by atoms with E-state index in [2.05, 4.69) is 48.5 Å². The summed E-state index contributed by atoms with van der Waals surface area (Å²) in [6, 6.07) is 17.3. The predicted molar refractivity (Wildman–Crippen MR) is 63.2 cm³/mol. The van der Waals surface area contributed by atoms with Crippen LogP contribution in [0.15, 0.2) is 48.5 Å². The Hall–Kier alpha value is -0.638. The molecule has 0 unspecified atom stereocenters. The summed E-state index contributed by atoms with van der Waals surface area (Å²) in [5, 5.41) is 0. The first kappa shape index (κ1) is 9.90. The van der Waals surface area contributed by atoms with Gasteiger partial charge in [0.05, 0.1) is 0 Å². The van der Waals surface area contributed by atoms with Gasteiger partial charge in [0.1, 0.15) is 0 Å². The van der Waals surface area contributed by atoms with Crippen LogP contribution in [0.5, 0.6) is 0 Å². The van der Waals surface area contributed by atoms with Crippen molar-refractivity contribution in [1.29, 1.82) is 0 Å². The monoisotopic (exact) mass is 376 g/mol. The van der Waals surface area contributed by atoms with E-state index in [4.69, 9.17) is 0 Å². The van der Waals surface area contributed by atoms with Gasteiger partial charge in [-0.05, 0) is 28.7 Å². The van der Waals surface area contributed by atoms with Crippen LogP contribution in [-0.2, 0) is 6.42 Å². The zero-order chi connectivity index (χ0) is 8.67. The van der Waals surface area contributed by atoms with Crippen molar-refractivity contribution in [1.82, 2.24) is 0 Å². The Morgan fingerprint density at radius 1 is 0.643 bits per heavy atom. The summed E-state index contributed by atoms with van der Waals surface area (Å²) in [7, 11) is 0. The average molecular weight is 375 g/mol. The molecule has 3 rings (SSSR count). The third-order valence-electron chi connectivity index (χ3n) is 2.71. The number of hydrogen-bond donors (Lipinski definition) is 0. The van der Waals surface area contributed by atoms with Crippen molar-refractivity contribution < 1.29 is 0 Å². The van der Waals surface area contributed by atoms with E-state index >= 15 is 0 Å². The summed E-state index contributed by atoms with van der Waals surface area (Å²) < 4.78 is 0. The standard InChI is InChI=1S/C13H10.Pb.2H/c1-3-7-12-10(5-1)9-11-6-2-4-8-13(11)12;;;/h1-8H,9H2;;;. The van der Waals surface area contributed by atoms with E-state index in [0.29, 0.717) is 0 Å². The molecule has 0 spiro atoms. The van der Waals surface area contributed by atoms with Crippen LogP contribution in [0.4, 0.5) is 0 Å². The van der Waals surface area contributed by atoms with Gasteiger partial charge < -0.3 is 0 Å². The van der Waals surface area contributed by atoms with Gasteiger partial charge >= 0.3 is 27.3 Å². The van der Waals surface area contributed by atoms with Crippen LogP contribution in [-0.4, -0.2) is 27.3 Å². The summed E-state index contributed by atoms with van der Waals surface area (Å²) in [5.74, 6) is 0. The van der Waals surface area contributed by atoms with E-state index in [1.807, 2.05) is 0 Å². The Labute approximate surface area is 104 Å². The number of fused-ring (bicyclic) bond motifs is 3. The number of hydrogen-bond acceptors (Lipinski definition) is 0. The van der Waals surface area contributed by atoms with Crippen molar-refractivity contribution in [2.24, 2.45) is 0 Å². The normalized spacial score (nSPS) is 11.4. The van der Waals surface area contributed by atoms with Gasteiger partial charge in [-0.3, -0.25) is 0 Å². The Kier molecular flexibility index (Phi) is 2.72. The molecule has 14 heavy (non-hydrogen) atoms. The van der Waals surface area contributed by atoms with Crippen molar-refractivity contribution in [3.8, 4) is 11.1 Å². The fraction of sp³-hybridized carbons (Fsp3) is 0.0769. The Morgan fingerprint density at radius 3 is 1.57 bits per heavy atom. The summed E-state index contributed by atoms with van der Waals surface area (Å²) in [6.07, 6.45) is 1.10. The predicted octanol–water partition coefficient (Wildman–Crippen LogP) is 2.34. The average Bonchev–Trinajstić information content (AvgIpc) is 2.56. The summed E-state index contributed by atoms with van der Waals surface area (Å²) in [6.45, 7) is 0. The quantitative estimate of drug-likeness (QED) is 0.529. The van der Waals surface area contributed by atoms with E-state index in [9.17, 15) is 0 Å². The molecule has 0 fully saturated rings. The molecule has 0 heterocycles. The fourth-order valence-corrected chi connectivity index (χ4v) is 2.08. The maximum Gasteiger partial charge on any atom is -0.00135 e. The van der Waals surface area contributed by atoms with Crippen molar-refractivity contribution >= 4 is 27.3 Å². The molecule has 0 atom stereocenters. The fourth-order valence-electron chi connectivity index (χ4n) is 2.08. The van der Waals surface area contributed by atoms with Gasteiger partial charge in [0.15, 0.2) is 0 Å². The first-order valence-electron chi connectivity index (χ1n) is 4.61. The molecular weight excluding hydrogens is 363 g/mol. The topological polar surface area (TPSA) is 0 Å². The molecule has 0 aromatic heterocycles. The van der Waals surface area contributed by atoms with Gasteiger partial charge in [-0.15, -0.1) is 0 Å². The minimum absolute atomic E-state index is 0. The van der Waals surface area contributed by atoms with Crippen LogP contribution in [0.25, 0.3) is 11.1 Å². The van der Waals surface area contributed by atoms with Crippen molar-refractivity contribution in [3.05, 3.63) is 59.7 Å². The molecule has 0 amide bonds. The molecule has 0 N–H and O–H groups in total. The second-order valence-corrected chi connectivity index (χ2v) is 3.49. The Morgan fingerprint density at radius 2 is 1.07 bits per heavy atom. The van der Waals surface area contributed by atoms with E-state index in [-0.39, 0.29) is 27.3 Å². The molecule has 1 heteroatoms. The smallest absolute Gasteiger partial charge is 0.00135 e. The van der Waals surface area contributed by atoms with Crippen LogP contribution in [0.2, 0.25) is 0 Å². The van der Waals surface area contributed by atoms with Crippen LogP contribution < -0.4 is 0 Å². The van der Waals surface area contributed by atoms with Gasteiger partial charge in [0, 0.05) is 0 Å². The molecule has 2 aromatic carbocycles. The van der Waals surface area contributed by atoms with Gasteiger partial charge in [0.25, 0.3) is 0 Å². The molecular formula is C13H12Pb. The molecule has 0 aliphatic heterocycles. The third-order valence-corrected chi connectivity index (χ3v) is 2.71. The van der Waals surface area contributed by atoms with Crippen LogP contribution in [0.1, 0.15) is 11.1 Å². The summed E-state index contributed by atoms with van der Waals surface area (Å²) >= 11 is 0. The van der Waals surface area contributed by atoms with Crippen molar-refractivity contribution in [2.45, 2.75) is 6.42 Å². The number of benzene rings is 2. The van der Waals surface area contributed by atoms with Crippen LogP contribution in [0, 0.1) is 0 Å². The molecule has 1 aliphatic rings. The molecule has 68 valence electrons. The van der Waals surface area contributed by atoms with E-state index < -0.39 is 0 Å². The summed E-state index contributed by atoms with van der Waals surface area (Å²) in [4.78, 5) is 0. The molecule has 1 aliphatic carbocycles. The zero-order valence-electron chi connectivity index (χ0n) is 8.03. The first-order chi connectivity index (χ1) is 6.45. The molecule has 0 nitrogen and oxygen atoms in total. The molecule has 0 saturated heterocycles. The van der Waals surface area contributed by atoms with Crippen molar-refractivity contribution in [3.63, 3.8) is 0 Å². The second kappa shape index (κ2) is 3.85. The molecule has 2 aromatic rings. The minimum Gasteiger partial charge on any atom is -0.0619 e. The van der Waals surface area contributed by atoms with Gasteiger partial charge in [-0.2, -0.15) is 0 Å². The maximum absolute atomic E-state index is 2.22. The van der Waals surface area contributed by atoms with Crippen LogP contribution >= 0.6 is 0 Å². The van der Waals surface area contributed by atoms with E-state index in [0.717, 1.165) is 6.42 Å². The SMILES string of the molecule is [PbH2].c1ccc2c(c1)Cc1ccccc1-2. The first-order valence-corrected chi connectivity index (χ1v) is 4.61. The molecule has 0 saturated carbocycles. The Bertz CT molecular complexity index is 417. The second-order valence-electron chi connectivity index (χ2n) is 3.49. The van der Waals surface area contributed by atoms with E-state index in [1.165, 1.54) is 22.3 Å². The Balaban J connectivity index is 0.000000750. The number of rotatable bonds is 0. The third kappa shape index (κ3) is 1.42. The molecule has 2 radical (unpaired) electrons. The molecule has 0 bridgehead atoms. The van der Waals surface area contributed by atoms with E-state index in [1.54, 1.807) is 0 Å². The largest absolute Gasteiger partial charge is 0.0619 e. The van der Waals surface area contributed by atoms with Crippen LogP contribution in [0.3, 0.4) is 0 Å². The summed E-state index contributed by atoms with van der Waals surface area (Å²) in [5.41, 5.74) is 5.75. The minimum atomic E-state index is 0. The van der Waals surface area contributed by atoms with Crippen molar-refractivity contribution in [2.75, 3.05) is 0 Å². The maximum atomic E-state index is 2.22. The van der Waals surface area contributed by atoms with Gasteiger partial charge in [-0.25, -0.2) is 0 Å². The van der Waals surface area contributed by atoms with Gasteiger partial charge in [0.2, 0.25) is 0 Å².